The molecule has 2 heterocycles. The molecule has 1 unspecified atom stereocenters. The molecule has 0 aromatic heterocycles. The second-order valence-corrected chi connectivity index (χ2v) is 10.7. The Labute approximate surface area is 210 Å². The van der Waals surface area contributed by atoms with Gasteiger partial charge in [-0.15, -0.1) is 11.8 Å². The Balaban J connectivity index is 1.51. The Hall–Kier alpha value is -3.02. The predicted octanol–water partition coefficient (Wildman–Crippen LogP) is 3.85. The van der Waals surface area contributed by atoms with Gasteiger partial charge in [-0.3, -0.25) is 14.4 Å². The number of hydrazine groups is 1. The third-order valence-electron chi connectivity index (χ3n) is 5.91. The van der Waals surface area contributed by atoms with Crippen molar-refractivity contribution in [1.82, 2.24) is 15.0 Å². The highest BCUT2D eigenvalue weighted by Crippen LogP contribution is 2.30. The number of benzene rings is 2. The molecule has 35 heavy (non-hydrogen) atoms. The minimum absolute atomic E-state index is 0.0328. The van der Waals surface area contributed by atoms with E-state index in [1.807, 2.05) is 18.4 Å². The maximum Gasteiger partial charge on any atom is 0.295 e. The minimum atomic E-state index is -4.51. The van der Waals surface area contributed by atoms with E-state index in [-0.39, 0.29) is 11.7 Å². The molecular formula is C24H29N5O4S2. The van der Waals surface area contributed by atoms with E-state index >= 15 is 0 Å². The van der Waals surface area contributed by atoms with Gasteiger partial charge in [0.05, 0.1) is 12.1 Å². The van der Waals surface area contributed by atoms with Crippen molar-refractivity contribution in [2.24, 2.45) is 5.10 Å². The van der Waals surface area contributed by atoms with Gasteiger partial charge in [0.1, 0.15) is 16.1 Å². The maximum atomic E-state index is 12.7. The highest BCUT2D eigenvalue weighted by Gasteiger charge is 2.36. The summed E-state index contributed by atoms with van der Waals surface area (Å²) in [7, 11) is -4.51. The van der Waals surface area contributed by atoms with Crippen molar-refractivity contribution in [2.75, 3.05) is 24.7 Å². The van der Waals surface area contributed by atoms with Gasteiger partial charge in [0.15, 0.2) is 0 Å². The SMILES string of the molecule is CCCN1C=C(C)N2CC(SC)=NN2C1Cc1ccc(NC(=O)c2ccccc2S(=O)(=O)O)cc1. The van der Waals surface area contributed by atoms with Gasteiger partial charge in [0.25, 0.3) is 16.0 Å². The molecule has 4 rings (SSSR count). The van der Waals surface area contributed by atoms with Crippen molar-refractivity contribution in [1.29, 1.82) is 0 Å². The number of hydrazone groups is 1. The maximum absolute atomic E-state index is 12.7. The second kappa shape index (κ2) is 10.3. The zero-order valence-corrected chi connectivity index (χ0v) is 21.5. The number of allylic oxidation sites excluding steroid dienone is 1. The lowest BCUT2D eigenvalue weighted by atomic mass is 10.1. The Morgan fingerprint density at radius 1 is 1.20 bits per heavy atom. The molecule has 0 saturated heterocycles. The molecule has 2 N–H and O–H groups in total. The number of rotatable bonds is 7. The van der Waals surface area contributed by atoms with Crippen LogP contribution in [0.1, 0.15) is 36.2 Å². The van der Waals surface area contributed by atoms with Gasteiger partial charge in [-0.05, 0) is 49.4 Å². The number of hydrogen-bond acceptors (Lipinski definition) is 8. The molecule has 2 aliphatic rings. The quantitative estimate of drug-likeness (QED) is 0.536. The van der Waals surface area contributed by atoms with Gasteiger partial charge in [-0.2, -0.15) is 18.6 Å². The van der Waals surface area contributed by atoms with Crippen LogP contribution in [0.2, 0.25) is 0 Å². The minimum Gasteiger partial charge on any atom is -0.353 e. The lowest BCUT2D eigenvalue weighted by Crippen LogP contribution is -2.54. The Kier molecular flexibility index (Phi) is 7.39. The normalized spacial score (nSPS) is 17.7. The standard InChI is InChI=1S/C24H29N5O4S2/c1-4-13-27-15-17(2)28-16-22(34-3)26-29(28)23(27)14-18-9-11-19(12-10-18)25-24(30)20-7-5-6-8-21(20)35(31,32)33/h5-12,15,23H,4,13-14,16H2,1-3H3,(H,25,30)(H,31,32,33). The lowest BCUT2D eigenvalue weighted by molar-refractivity contribution is -0.0776. The van der Waals surface area contributed by atoms with E-state index in [1.165, 1.54) is 18.2 Å². The number of thioether (sulfide) groups is 1. The molecule has 0 bridgehead atoms. The first-order chi connectivity index (χ1) is 16.7. The molecule has 1 atom stereocenters. The number of amides is 1. The number of nitrogens with one attached hydrogen (secondary N) is 1. The van der Waals surface area contributed by atoms with Crippen LogP contribution in [0.4, 0.5) is 5.69 Å². The van der Waals surface area contributed by atoms with Crippen molar-refractivity contribution < 1.29 is 17.8 Å². The Morgan fingerprint density at radius 2 is 1.91 bits per heavy atom. The second-order valence-electron chi connectivity index (χ2n) is 8.39. The number of anilines is 1. The van der Waals surface area contributed by atoms with Crippen molar-refractivity contribution in [3.63, 3.8) is 0 Å². The average molecular weight is 516 g/mol. The molecule has 2 aromatic rings. The molecule has 9 nitrogen and oxygen atoms in total. The zero-order chi connectivity index (χ0) is 25.2. The van der Waals surface area contributed by atoms with Crippen LogP contribution >= 0.6 is 11.8 Å². The van der Waals surface area contributed by atoms with Crippen molar-refractivity contribution in [3.05, 3.63) is 71.6 Å². The molecule has 0 fully saturated rings. The molecular weight excluding hydrogens is 486 g/mol. The lowest BCUT2D eigenvalue weighted by Gasteiger charge is -2.45. The average Bonchev–Trinajstić information content (AvgIpc) is 3.27. The highest BCUT2D eigenvalue weighted by atomic mass is 32.2. The smallest absolute Gasteiger partial charge is 0.295 e. The summed E-state index contributed by atoms with van der Waals surface area (Å²) in [6.07, 6.45) is 6.02. The Morgan fingerprint density at radius 3 is 2.57 bits per heavy atom. The molecule has 0 radical (unpaired) electrons. The van der Waals surface area contributed by atoms with E-state index in [4.69, 9.17) is 5.10 Å². The molecule has 0 aliphatic carbocycles. The van der Waals surface area contributed by atoms with Gasteiger partial charge in [-0.25, -0.2) is 0 Å². The summed E-state index contributed by atoms with van der Waals surface area (Å²) in [5, 5.41) is 12.9. The summed E-state index contributed by atoms with van der Waals surface area (Å²) in [5.74, 6) is -0.611. The van der Waals surface area contributed by atoms with E-state index in [0.29, 0.717) is 5.69 Å². The van der Waals surface area contributed by atoms with E-state index in [2.05, 4.69) is 40.4 Å². The summed E-state index contributed by atoms with van der Waals surface area (Å²) in [5.41, 5.74) is 2.65. The van der Waals surface area contributed by atoms with Gasteiger partial charge in [0.2, 0.25) is 0 Å². The fourth-order valence-electron chi connectivity index (χ4n) is 4.23. The largest absolute Gasteiger partial charge is 0.353 e. The molecule has 11 heteroatoms. The van der Waals surface area contributed by atoms with Crippen LogP contribution in [0.5, 0.6) is 0 Å². The summed E-state index contributed by atoms with van der Waals surface area (Å²) in [4.78, 5) is 14.6. The third kappa shape index (κ3) is 5.47. The Bertz CT molecular complexity index is 1260. The summed E-state index contributed by atoms with van der Waals surface area (Å²) in [6, 6.07) is 13.0. The predicted molar refractivity (Wildman–Crippen MR) is 138 cm³/mol. The van der Waals surface area contributed by atoms with Crippen LogP contribution in [0, 0.1) is 0 Å². The van der Waals surface area contributed by atoms with E-state index in [9.17, 15) is 17.8 Å². The monoisotopic (exact) mass is 515 g/mol. The number of nitrogens with zero attached hydrogens (tertiary/aromatic N) is 4. The molecule has 0 saturated carbocycles. The molecule has 2 aromatic carbocycles. The van der Waals surface area contributed by atoms with Crippen LogP contribution in [-0.4, -0.2) is 64.5 Å². The number of fused-ring (bicyclic) bond motifs is 1. The molecule has 0 spiro atoms. The fourth-order valence-corrected chi connectivity index (χ4v) is 5.33. The summed E-state index contributed by atoms with van der Waals surface area (Å²) in [6.45, 7) is 5.95. The first-order valence-electron chi connectivity index (χ1n) is 11.3. The van der Waals surface area contributed by atoms with Crippen molar-refractivity contribution in [2.45, 2.75) is 37.8 Å². The van der Waals surface area contributed by atoms with Gasteiger partial charge in [0, 0.05) is 30.5 Å². The van der Waals surface area contributed by atoms with E-state index in [0.717, 1.165) is 42.2 Å². The summed E-state index contributed by atoms with van der Waals surface area (Å²) >= 11 is 1.66. The third-order valence-corrected chi connectivity index (χ3v) is 7.51. The van der Waals surface area contributed by atoms with E-state index < -0.39 is 20.9 Å². The van der Waals surface area contributed by atoms with Gasteiger partial charge in [-0.1, -0.05) is 31.2 Å². The first kappa shape index (κ1) is 25.1. The van der Waals surface area contributed by atoms with Crippen LogP contribution in [-0.2, 0) is 16.5 Å². The number of hydrogen-bond donors (Lipinski definition) is 2. The van der Waals surface area contributed by atoms with Crippen LogP contribution < -0.4 is 5.32 Å². The van der Waals surface area contributed by atoms with E-state index in [1.54, 1.807) is 30.0 Å². The molecule has 186 valence electrons. The zero-order valence-electron chi connectivity index (χ0n) is 19.9. The topological polar surface area (TPSA) is 106 Å². The van der Waals surface area contributed by atoms with Crippen LogP contribution in [0.15, 0.2) is 70.4 Å². The first-order valence-corrected chi connectivity index (χ1v) is 14.0. The van der Waals surface area contributed by atoms with Crippen molar-refractivity contribution >= 4 is 38.5 Å². The summed E-state index contributed by atoms with van der Waals surface area (Å²) < 4.78 is 32.6. The van der Waals surface area contributed by atoms with Crippen LogP contribution in [0.3, 0.4) is 0 Å². The van der Waals surface area contributed by atoms with Crippen molar-refractivity contribution in [3.8, 4) is 0 Å². The van der Waals surface area contributed by atoms with Gasteiger partial charge >= 0.3 is 0 Å². The van der Waals surface area contributed by atoms with Crippen LogP contribution in [0.25, 0.3) is 0 Å². The molecule has 1 amide bonds. The number of carbonyl (C=O) groups excluding carboxylic acids is 1. The molecule has 2 aliphatic heterocycles. The fraction of sp³-hybridized carbons (Fsp3) is 0.333. The number of carbonyl (C=O) groups is 1. The van der Waals surface area contributed by atoms with Gasteiger partial charge < -0.3 is 10.2 Å². The highest BCUT2D eigenvalue weighted by molar-refractivity contribution is 8.13.